The van der Waals surface area contributed by atoms with E-state index in [1.54, 1.807) is 24.4 Å². The van der Waals surface area contributed by atoms with E-state index in [1.807, 2.05) is 6.07 Å². The maximum absolute atomic E-state index is 11.9. The lowest BCUT2D eigenvalue weighted by Gasteiger charge is -2.11. The van der Waals surface area contributed by atoms with Crippen LogP contribution in [0.5, 0.6) is 0 Å². The van der Waals surface area contributed by atoms with Crippen molar-refractivity contribution in [2.24, 2.45) is 0 Å². The van der Waals surface area contributed by atoms with Crippen LogP contribution in [0.3, 0.4) is 0 Å². The molecule has 0 saturated heterocycles. The standard InChI is InChI=1S/C14H12N2O4S/c1-8-3-4-11(19-8)14(18)20-9(2)12(17)16-13-10(7-15)5-6-21-13/h3-6,9H,1-2H3,(H,16,17). The van der Waals surface area contributed by atoms with E-state index in [0.717, 1.165) is 0 Å². The number of nitrogens with one attached hydrogen (secondary N) is 1. The molecule has 0 aliphatic heterocycles. The number of furan rings is 1. The van der Waals surface area contributed by atoms with Gasteiger partial charge in [-0.05, 0) is 37.4 Å². The van der Waals surface area contributed by atoms with E-state index in [0.29, 0.717) is 16.3 Å². The summed E-state index contributed by atoms with van der Waals surface area (Å²) in [6.07, 6.45) is -1.00. The summed E-state index contributed by atoms with van der Waals surface area (Å²) in [6.45, 7) is 3.15. The molecule has 0 aliphatic carbocycles. The van der Waals surface area contributed by atoms with Crippen molar-refractivity contribution in [3.8, 4) is 6.07 Å². The van der Waals surface area contributed by atoms with Crippen LogP contribution >= 0.6 is 11.3 Å². The minimum absolute atomic E-state index is 0.0426. The Balaban J connectivity index is 1.97. The summed E-state index contributed by atoms with van der Waals surface area (Å²) in [5, 5.41) is 13.5. The van der Waals surface area contributed by atoms with Gasteiger partial charge in [-0.15, -0.1) is 11.3 Å². The summed E-state index contributed by atoms with van der Waals surface area (Å²) in [6, 6.07) is 6.67. The van der Waals surface area contributed by atoms with Crippen LogP contribution in [0, 0.1) is 18.3 Å². The Morgan fingerprint density at radius 1 is 1.43 bits per heavy atom. The molecule has 1 atom stereocenters. The summed E-state index contributed by atoms with van der Waals surface area (Å²) in [5.41, 5.74) is 0.369. The third kappa shape index (κ3) is 3.49. The highest BCUT2D eigenvalue weighted by Crippen LogP contribution is 2.22. The molecule has 0 aliphatic rings. The summed E-state index contributed by atoms with van der Waals surface area (Å²) >= 11 is 1.23. The number of amides is 1. The number of ether oxygens (including phenoxy) is 1. The van der Waals surface area contributed by atoms with Crippen LogP contribution in [0.1, 0.15) is 28.8 Å². The van der Waals surface area contributed by atoms with Gasteiger partial charge in [0, 0.05) is 0 Å². The Labute approximate surface area is 124 Å². The van der Waals surface area contributed by atoms with Gasteiger partial charge in [0.2, 0.25) is 5.76 Å². The first-order valence-corrected chi connectivity index (χ1v) is 6.95. The van der Waals surface area contributed by atoms with Crippen LogP contribution < -0.4 is 5.32 Å². The number of anilines is 1. The highest BCUT2D eigenvalue weighted by atomic mass is 32.1. The second-order valence-electron chi connectivity index (χ2n) is 4.22. The van der Waals surface area contributed by atoms with Crippen LogP contribution in [0.15, 0.2) is 28.0 Å². The van der Waals surface area contributed by atoms with E-state index >= 15 is 0 Å². The first-order valence-electron chi connectivity index (χ1n) is 6.07. The molecular formula is C14H12N2O4S. The van der Waals surface area contributed by atoms with E-state index in [9.17, 15) is 9.59 Å². The minimum atomic E-state index is -1.00. The Bertz CT molecular complexity index is 711. The third-order valence-electron chi connectivity index (χ3n) is 2.62. The van der Waals surface area contributed by atoms with Gasteiger partial charge in [-0.2, -0.15) is 5.26 Å². The van der Waals surface area contributed by atoms with E-state index in [-0.39, 0.29) is 5.76 Å². The zero-order valence-electron chi connectivity index (χ0n) is 11.4. The highest BCUT2D eigenvalue weighted by molar-refractivity contribution is 7.14. The molecule has 0 bridgehead atoms. The highest BCUT2D eigenvalue weighted by Gasteiger charge is 2.22. The topological polar surface area (TPSA) is 92.3 Å². The van der Waals surface area contributed by atoms with Gasteiger partial charge in [0.05, 0.1) is 5.56 Å². The second kappa shape index (κ2) is 6.24. The molecule has 0 fully saturated rings. The van der Waals surface area contributed by atoms with Crippen LogP contribution in [-0.4, -0.2) is 18.0 Å². The molecule has 0 radical (unpaired) electrons. The van der Waals surface area contributed by atoms with Gasteiger partial charge >= 0.3 is 5.97 Å². The number of nitriles is 1. The molecule has 108 valence electrons. The fourth-order valence-corrected chi connectivity index (χ4v) is 2.26. The fourth-order valence-electron chi connectivity index (χ4n) is 1.52. The molecule has 7 heteroatoms. The molecule has 2 rings (SSSR count). The first-order chi connectivity index (χ1) is 10.0. The summed E-state index contributed by atoms with van der Waals surface area (Å²) in [7, 11) is 0. The quantitative estimate of drug-likeness (QED) is 0.877. The minimum Gasteiger partial charge on any atom is -0.454 e. The maximum atomic E-state index is 11.9. The average molecular weight is 304 g/mol. The number of hydrogen-bond donors (Lipinski definition) is 1. The van der Waals surface area contributed by atoms with Crippen LogP contribution in [0.4, 0.5) is 5.00 Å². The van der Waals surface area contributed by atoms with E-state index in [1.165, 1.54) is 24.3 Å². The van der Waals surface area contributed by atoms with Gasteiger partial charge in [0.25, 0.3) is 5.91 Å². The number of aryl methyl sites for hydroxylation is 1. The van der Waals surface area contributed by atoms with Crippen LogP contribution in [0.25, 0.3) is 0 Å². The Morgan fingerprint density at radius 2 is 2.19 bits per heavy atom. The predicted octanol–water partition coefficient (Wildman–Crippen LogP) is 2.71. The number of esters is 1. The van der Waals surface area contributed by atoms with Gasteiger partial charge < -0.3 is 14.5 Å². The van der Waals surface area contributed by atoms with Gasteiger partial charge in [-0.1, -0.05) is 0 Å². The monoisotopic (exact) mass is 304 g/mol. The molecule has 2 aromatic rings. The van der Waals surface area contributed by atoms with E-state index in [2.05, 4.69) is 5.32 Å². The third-order valence-corrected chi connectivity index (χ3v) is 3.45. The number of carbonyl (C=O) groups excluding carboxylic acids is 2. The van der Waals surface area contributed by atoms with E-state index < -0.39 is 18.0 Å². The lowest BCUT2D eigenvalue weighted by molar-refractivity contribution is -0.123. The summed E-state index contributed by atoms with van der Waals surface area (Å²) < 4.78 is 10.1. The lowest BCUT2D eigenvalue weighted by atomic mass is 10.3. The molecule has 21 heavy (non-hydrogen) atoms. The molecule has 1 unspecified atom stereocenters. The molecular weight excluding hydrogens is 292 g/mol. The zero-order valence-corrected chi connectivity index (χ0v) is 12.2. The molecule has 0 spiro atoms. The number of hydrogen-bond acceptors (Lipinski definition) is 6. The fraction of sp³-hybridized carbons (Fsp3) is 0.214. The number of thiophene rings is 1. The van der Waals surface area contributed by atoms with Crippen molar-refractivity contribution in [3.63, 3.8) is 0 Å². The van der Waals surface area contributed by atoms with Gasteiger partial charge in [-0.3, -0.25) is 4.79 Å². The number of rotatable bonds is 4. The summed E-state index contributed by atoms with van der Waals surface area (Å²) in [5.74, 6) is -0.597. The summed E-state index contributed by atoms with van der Waals surface area (Å²) in [4.78, 5) is 23.7. The van der Waals surface area contributed by atoms with Crippen molar-refractivity contribution in [3.05, 3.63) is 40.7 Å². The van der Waals surface area contributed by atoms with Gasteiger partial charge in [0.15, 0.2) is 6.10 Å². The molecule has 0 saturated carbocycles. The van der Waals surface area contributed by atoms with Crippen LogP contribution in [-0.2, 0) is 9.53 Å². The van der Waals surface area contributed by atoms with E-state index in [4.69, 9.17) is 14.4 Å². The smallest absolute Gasteiger partial charge is 0.375 e. The second-order valence-corrected chi connectivity index (χ2v) is 5.14. The molecule has 1 N–H and O–H groups in total. The zero-order chi connectivity index (χ0) is 15.4. The Kier molecular flexibility index (Phi) is 4.40. The largest absolute Gasteiger partial charge is 0.454 e. The lowest BCUT2D eigenvalue weighted by Crippen LogP contribution is -2.29. The Hall–Kier alpha value is -2.59. The van der Waals surface area contributed by atoms with Gasteiger partial charge in [0.1, 0.15) is 16.8 Å². The first kappa shape index (κ1) is 14.8. The molecule has 6 nitrogen and oxygen atoms in total. The molecule has 2 heterocycles. The van der Waals surface area contributed by atoms with Gasteiger partial charge in [-0.25, -0.2) is 4.79 Å². The van der Waals surface area contributed by atoms with Crippen molar-refractivity contribution in [1.29, 1.82) is 5.26 Å². The number of nitrogens with zero attached hydrogens (tertiary/aromatic N) is 1. The maximum Gasteiger partial charge on any atom is 0.375 e. The van der Waals surface area contributed by atoms with Crippen molar-refractivity contribution in [2.45, 2.75) is 20.0 Å². The van der Waals surface area contributed by atoms with Crippen molar-refractivity contribution in [2.75, 3.05) is 5.32 Å². The SMILES string of the molecule is Cc1ccc(C(=O)OC(C)C(=O)Nc2sccc2C#N)o1. The van der Waals surface area contributed by atoms with Crippen molar-refractivity contribution in [1.82, 2.24) is 0 Å². The molecule has 0 aromatic carbocycles. The number of carbonyl (C=O) groups is 2. The predicted molar refractivity (Wildman–Crippen MR) is 76.0 cm³/mol. The molecule has 2 aromatic heterocycles. The Morgan fingerprint density at radius 3 is 2.81 bits per heavy atom. The van der Waals surface area contributed by atoms with Crippen molar-refractivity contribution < 1.29 is 18.7 Å². The van der Waals surface area contributed by atoms with Crippen molar-refractivity contribution >= 4 is 28.2 Å². The average Bonchev–Trinajstić information content (AvgIpc) is 3.07. The van der Waals surface area contributed by atoms with Crippen LogP contribution in [0.2, 0.25) is 0 Å². The normalized spacial score (nSPS) is 11.5. The molecule has 1 amide bonds.